The largest absolute Gasteiger partial charge is 0.396 e. The average Bonchev–Trinajstić information content (AvgIpc) is 2.32. The van der Waals surface area contributed by atoms with E-state index in [0.29, 0.717) is 19.3 Å². The number of nitrogens with zero attached hydrogens (tertiary/aromatic N) is 3. The van der Waals surface area contributed by atoms with Crippen molar-refractivity contribution >= 4 is 5.69 Å². The van der Waals surface area contributed by atoms with Crippen LogP contribution in [0.25, 0.3) is 0 Å². The summed E-state index contributed by atoms with van der Waals surface area (Å²) in [5.74, 6) is 0. The van der Waals surface area contributed by atoms with E-state index in [9.17, 15) is 19.7 Å². The van der Waals surface area contributed by atoms with Crippen LogP contribution in [0.3, 0.4) is 0 Å². The Labute approximate surface area is 102 Å². The van der Waals surface area contributed by atoms with Gasteiger partial charge in [0.2, 0.25) is 0 Å². The van der Waals surface area contributed by atoms with Crippen LogP contribution in [0, 0.1) is 10.1 Å². The first kappa shape index (κ1) is 14.1. The SMILES string of the molecule is Cn1cc([N+](=O)[O-])c(=O)n(CCCCCO)c1=O. The summed E-state index contributed by atoms with van der Waals surface area (Å²) < 4.78 is 1.88. The molecule has 0 amide bonds. The van der Waals surface area contributed by atoms with Crippen molar-refractivity contribution in [2.24, 2.45) is 7.05 Å². The first-order valence-electron chi connectivity index (χ1n) is 5.54. The quantitative estimate of drug-likeness (QED) is 0.424. The Bertz CT molecular complexity index is 545. The van der Waals surface area contributed by atoms with E-state index in [1.807, 2.05) is 0 Å². The lowest BCUT2D eigenvalue weighted by Gasteiger charge is -2.06. The molecule has 18 heavy (non-hydrogen) atoms. The van der Waals surface area contributed by atoms with E-state index in [4.69, 9.17) is 5.11 Å². The minimum atomic E-state index is -0.882. The van der Waals surface area contributed by atoms with Crippen molar-refractivity contribution in [3.05, 3.63) is 37.1 Å². The van der Waals surface area contributed by atoms with Gasteiger partial charge in [0, 0.05) is 20.2 Å². The topological polar surface area (TPSA) is 107 Å². The van der Waals surface area contributed by atoms with E-state index in [1.54, 1.807) is 0 Å². The van der Waals surface area contributed by atoms with Gasteiger partial charge in [0.25, 0.3) is 0 Å². The molecule has 0 spiro atoms. The van der Waals surface area contributed by atoms with Crippen molar-refractivity contribution in [2.45, 2.75) is 25.8 Å². The molecule has 0 fully saturated rings. The molecular formula is C10H15N3O5. The van der Waals surface area contributed by atoms with Gasteiger partial charge in [-0.3, -0.25) is 24.0 Å². The van der Waals surface area contributed by atoms with Crippen molar-refractivity contribution < 1.29 is 10.0 Å². The molecule has 1 aromatic rings. The molecule has 0 unspecified atom stereocenters. The van der Waals surface area contributed by atoms with E-state index >= 15 is 0 Å². The Morgan fingerprint density at radius 3 is 2.56 bits per heavy atom. The number of rotatable bonds is 6. The molecule has 0 saturated carbocycles. The number of unbranched alkanes of at least 4 members (excludes halogenated alkanes) is 2. The molecule has 0 aliphatic carbocycles. The van der Waals surface area contributed by atoms with Crippen LogP contribution in [-0.2, 0) is 13.6 Å². The number of nitro groups is 1. The maximum absolute atomic E-state index is 11.7. The van der Waals surface area contributed by atoms with Gasteiger partial charge in [0.15, 0.2) is 0 Å². The average molecular weight is 257 g/mol. The highest BCUT2D eigenvalue weighted by Gasteiger charge is 2.18. The third-order valence-electron chi connectivity index (χ3n) is 2.55. The Morgan fingerprint density at radius 2 is 2.00 bits per heavy atom. The molecule has 0 aliphatic heterocycles. The second kappa shape index (κ2) is 6.10. The third-order valence-corrected chi connectivity index (χ3v) is 2.55. The monoisotopic (exact) mass is 257 g/mol. The Balaban J connectivity index is 3.06. The maximum Gasteiger partial charge on any atom is 0.350 e. The summed E-state index contributed by atoms with van der Waals surface area (Å²) in [7, 11) is 1.36. The van der Waals surface area contributed by atoms with Crippen molar-refractivity contribution in [2.75, 3.05) is 6.61 Å². The van der Waals surface area contributed by atoms with Gasteiger partial charge in [-0.2, -0.15) is 0 Å². The predicted octanol–water partition coefficient (Wildman–Crippen LogP) is -0.382. The molecule has 1 heterocycles. The van der Waals surface area contributed by atoms with Gasteiger partial charge in [-0.25, -0.2) is 4.79 Å². The van der Waals surface area contributed by atoms with Gasteiger partial charge < -0.3 is 5.11 Å². The lowest BCUT2D eigenvalue weighted by atomic mass is 10.2. The Kier molecular flexibility index (Phi) is 4.78. The summed E-state index contributed by atoms with van der Waals surface area (Å²) in [6.07, 6.45) is 2.66. The van der Waals surface area contributed by atoms with Crippen LogP contribution in [0.15, 0.2) is 15.8 Å². The van der Waals surface area contributed by atoms with Crippen LogP contribution in [0.4, 0.5) is 5.69 Å². The van der Waals surface area contributed by atoms with E-state index in [0.717, 1.165) is 15.3 Å². The van der Waals surface area contributed by atoms with Crippen molar-refractivity contribution in [1.29, 1.82) is 0 Å². The van der Waals surface area contributed by atoms with Gasteiger partial charge in [0.05, 0.1) is 11.1 Å². The highest BCUT2D eigenvalue weighted by molar-refractivity contribution is 5.21. The van der Waals surface area contributed by atoms with E-state index in [-0.39, 0.29) is 13.2 Å². The molecule has 0 saturated heterocycles. The second-order valence-corrected chi connectivity index (χ2v) is 3.91. The van der Waals surface area contributed by atoms with E-state index in [2.05, 4.69) is 0 Å². The van der Waals surface area contributed by atoms with Crippen molar-refractivity contribution in [1.82, 2.24) is 9.13 Å². The van der Waals surface area contributed by atoms with Gasteiger partial charge in [-0.1, -0.05) is 0 Å². The van der Waals surface area contributed by atoms with E-state index < -0.39 is 21.9 Å². The fourth-order valence-corrected chi connectivity index (χ4v) is 1.59. The van der Waals surface area contributed by atoms with Crippen LogP contribution in [0.1, 0.15) is 19.3 Å². The minimum absolute atomic E-state index is 0.0435. The van der Waals surface area contributed by atoms with Crippen LogP contribution < -0.4 is 11.2 Å². The summed E-state index contributed by atoms with van der Waals surface area (Å²) in [4.78, 5) is 33.2. The molecule has 1 rings (SSSR count). The standard InChI is InChI=1S/C10H15N3O5/c1-11-7-8(13(17)18)9(15)12(10(11)16)5-3-2-4-6-14/h7,14H,2-6H2,1H3. The molecule has 8 heteroatoms. The molecule has 0 radical (unpaired) electrons. The summed E-state index contributed by atoms with van der Waals surface area (Å²) in [6, 6.07) is 0. The third kappa shape index (κ3) is 3.04. The van der Waals surface area contributed by atoms with Gasteiger partial charge in [0.1, 0.15) is 0 Å². The zero-order valence-electron chi connectivity index (χ0n) is 10.0. The van der Waals surface area contributed by atoms with Gasteiger partial charge in [-0.15, -0.1) is 0 Å². The molecule has 0 atom stereocenters. The molecule has 0 bridgehead atoms. The fourth-order valence-electron chi connectivity index (χ4n) is 1.59. The summed E-state index contributed by atoms with van der Waals surface area (Å²) >= 11 is 0. The molecule has 0 aliphatic rings. The number of hydrogen-bond donors (Lipinski definition) is 1. The van der Waals surface area contributed by atoms with E-state index in [1.165, 1.54) is 7.05 Å². The fraction of sp³-hybridized carbons (Fsp3) is 0.600. The number of hydrogen-bond acceptors (Lipinski definition) is 5. The smallest absolute Gasteiger partial charge is 0.350 e. The summed E-state index contributed by atoms with van der Waals surface area (Å²) in [6.45, 7) is 0.162. The highest BCUT2D eigenvalue weighted by atomic mass is 16.6. The molecule has 1 N–H and O–H groups in total. The molecule has 100 valence electrons. The first-order valence-corrected chi connectivity index (χ1v) is 5.54. The zero-order chi connectivity index (χ0) is 13.7. The van der Waals surface area contributed by atoms with Crippen LogP contribution in [0.5, 0.6) is 0 Å². The molecule has 8 nitrogen and oxygen atoms in total. The van der Waals surface area contributed by atoms with Gasteiger partial charge in [-0.05, 0) is 19.3 Å². The molecular weight excluding hydrogens is 242 g/mol. The summed E-state index contributed by atoms with van der Waals surface area (Å²) in [5.41, 5.74) is -2.07. The lowest BCUT2D eigenvalue weighted by molar-refractivity contribution is -0.387. The van der Waals surface area contributed by atoms with Crippen LogP contribution in [0.2, 0.25) is 0 Å². The Morgan fingerprint density at radius 1 is 1.33 bits per heavy atom. The number of aryl methyl sites for hydroxylation is 1. The van der Waals surface area contributed by atoms with Crippen LogP contribution in [-0.4, -0.2) is 25.8 Å². The highest BCUT2D eigenvalue weighted by Crippen LogP contribution is 2.01. The normalized spacial score (nSPS) is 10.6. The Hall–Kier alpha value is -1.96. The minimum Gasteiger partial charge on any atom is -0.396 e. The van der Waals surface area contributed by atoms with Gasteiger partial charge >= 0.3 is 16.9 Å². The maximum atomic E-state index is 11.7. The second-order valence-electron chi connectivity index (χ2n) is 3.91. The van der Waals surface area contributed by atoms with Crippen LogP contribution >= 0.6 is 0 Å². The zero-order valence-corrected chi connectivity index (χ0v) is 10.0. The first-order chi connectivity index (χ1) is 8.49. The predicted molar refractivity (Wildman–Crippen MR) is 63.5 cm³/mol. The van der Waals surface area contributed by atoms with Crippen molar-refractivity contribution in [3.63, 3.8) is 0 Å². The number of aromatic nitrogens is 2. The molecule has 1 aromatic heterocycles. The summed E-state index contributed by atoms with van der Waals surface area (Å²) in [5, 5.41) is 19.3. The molecule has 0 aromatic carbocycles. The van der Waals surface area contributed by atoms with Crippen molar-refractivity contribution in [3.8, 4) is 0 Å². The lowest BCUT2D eigenvalue weighted by Crippen LogP contribution is -2.39. The number of aliphatic hydroxyl groups excluding tert-OH is 1. The number of aliphatic hydroxyl groups is 1.